The molecule has 1 amide bonds. The number of fused-ring (bicyclic) bond motifs is 1. The number of benzene rings is 3. The first-order valence-electron chi connectivity index (χ1n) is 9.99. The number of aromatic nitrogens is 2. The van der Waals surface area contributed by atoms with Gasteiger partial charge in [-0.1, -0.05) is 53.8 Å². The molecule has 2 aromatic heterocycles. The largest absolute Gasteiger partial charge is 0.755 e. The summed E-state index contributed by atoms with van der Waals surface area (Å²) in [5.41, 5.74) is 4.15. The van der Waals surface area contributed by atoms with Crippen LogP contribution in [-0.2, 0) is 11.3 Å². The molecule has 0 bridgehead atoms. The Balaban J connectivity index is 1.43. The fourth-order valence-corrected chi connectivity index (χ4v) is 4.94. The summed E-state index contributed by atoms with van der Waals surface area (Å²) in [7, 11) is 0. The SMILES string of the molecule is O=C(Nc1nc2ccc(N(c3ccc(-c4ccccc4)cc3)S(=O)[O-])cc2s1)c1ccc[nH]1. The van der Waals surface area contributed by atoms with Gasteiger partial charge in [0.2, 0.25) is 0 Å². The zero-order chi connectivity index (χ0) is 22.8. The van der Waals surface area contributed by atoms with Gasteiger partial charge in [-0.25, -0.2) is 4.98 Å². The minimum atomic E-state index is -2.53. The van der Waals surface area contributed by atoms with Gasteiger partial charge in [0, 0.05) is 6.20 Å². The molecule has 164 valence electrons. The summed E-state index contributed by atoms with van der Waals surface area (Å²) >= 11 is -1.25. The fraction of sp³-hybridized carbons (Fsp3) is 0. The average molecular weight is 474 g/mol. The first-order valence-corrected chi connectivity index (χ1v) is 11.8. The Bertz CT molecular complexity index is 1430. The van der Waals surface area contributed by atoms with E-state index in [1.807, 2.05) is 42.5 Å². The van der Waals surface area contributed by atoms with Crippen molar-refractivity contribution in [1.82, 2.24) is 9.97 Å². The molecule has 0 radical (unpaired) electrons. The number of amides is 1. The molecular formula is C24H17N4O3S2-. The lowest BCUT2D eigenvalue weighted by Gasteiger charge is -2.26. The number of carbonyl (C=O) groups is 1. The lowest BCUT2D eigenvalue weighted by atomic mass is 10.1. The monoisotopic (exact) mass is 473 g/mol. The summed E-state index contributed by atoms with van der Waals surface area (Å²) in [5, 5.41) is 3.19. The van der Waals surface area contributed by atoms with Crippen molar-refractivity contribution in [3.63, 3.8) is 0 Å². The smallest absolute Gasteiger partial charge is 0.273 e. The second-order valence-electron chi connectivity index (χ2n) is 7.13. The molecule has 1 unspecified atom stereocenters. The lowest BCUT2D eigenvalue weighted by Crippen LogP contribution is -2.19. The molecule has 9 heteroatoms. The van der Waals surface area contributed by atoms with Crippen LogP contribution in [0.15, 0.2) is 91.1 Å². The van der Waals surface area contributed by atoms with Gasteiger partial charge in [-0.05, 0) is 53.6 Å². The van der Waals surface area contributed by atoms with Crippen molar-refractivity contribution in [2.75, 3.05) is 9.62 Å². The molecule has 0 aliphatic heterocycles. The average Bonchev–Trinajstić information content (AvgIpc) is 3.50. The summed E-state index contributed by atoms with van der Waals surface area (Å²) in [4.78, 5) is 19.5. The second-order valence-corrected chi connectivity index (χ2v) is 8.96. The number of hydrogen-bond acceptors (Lipinski definition) is 5. The van der Waals surface area contributed by atoms with E-state index >= 15 is 0 Å². The highest BCUT2D eigenvalue weighted by atomic mass is 32.2. The van der Waals surface area contributed by atoms with Gasteiger partial charge in [-0.2, -0.15) is 0 Å². The Morgan fingerprint density at radius 3 is 2.36 bits per heavy atom. The van der Waals surface area contributed by atoms with Crippen LogP contribution in [0.25, 0.3) is 21.3 Å². The number of carbonyl (C=O) groups excluding carboxylic acids is 1. The van der Waals surface area contributed by atoms with Crippen LogP contribution in [0.5, 0.6) is 0 Å². The van der Waals surface area contributed by atoms with E-state index in [1.165, 1.54) is 15.6 Å². The molecule has 3 aromatic carbocycles. The van der Waals surface area contributed by atoms with E-state index in [0.717, 1.165) is 15.8 Å². The molecule has 0 aliphatic rings. The van der Waals surface area contributed by atoms with Gasteiger partial charge in [0.1, 0.15) is 5.69 Å². The standard InChI is InChI=1S/C24H18N4O3S2/c29-23(21-7-4-14-25-21)27-24-26-20-13-12-19(15-22(20)32-24)28(33(30)31)18-10-8-17(9-11-18)16-5-2-1-3-6-16/h1-15,25H,(H,30,31)(H,26,27,29)/p-1. The summed E-state index contributed by atoms with van der Waals surface area (Å²) in [6.45, 7) is 0. The maximum atomic E-state index is 12.3. The van der Waals surface area contributed by atoms with Crippen LogP contribution in [0.2, 0.25) is 0 Å². The van der Waals surface area contributed by atoms with Crippen molar-refractivity contribution in [2.24, 2.45) is 0 Å². The van der Waals surface area contributed by atoms with E-state index in [1.54, 1.807) is 48.7 Å². The van der Waals surface area contributed by atoms with E-state index in [4.69, 9.17) is 0 Å². The minimum absolute atomic E-state index is 0.292. The Morgan fingerprint density at radius 1 is 0.939 bits per heavy atom. The molecule has 0 spiro atoms. The van der Waals surface area contributed by atoms with Crippen LogP contribution >= 0.6 is 11.3 Å². The Labute approximate surface area is 196 Å². The molecular weight excluding hydrogens is 456 g/mol. The molecule has 0 saturated heterocycles. The number of H-pyrrole nitrogens is 1. The Kier molecular flexibility index (Phi) is 5.74. The van der Waals surface area contributed by atoms with Crippen molar-refractivity contribution in [3.05, 3.63) is 96.8 Å². The molecule has 0 saturated carbocycles. The fourth-order valence-electron chi connectivity index (χ4n) is 3.47. The molecule has 7 nitrogen and oxygen atoms in total. The number of thiazole rings is 1. The summed E-state index contributed by atoms with van der Waals surface area (Å²) in [6, 6.07) is 25.8. The number of rotatable bonds is 6. The van der Waals surface area contributed by atoms with Gasteiger partial charge in [0.25, 0.3) is 5.91 Å². The van der Waals surface area contributed by atoms with Gasteiger partial charge >= 0.3 is 0 Å². The molecule has 1 atom stereocenters. The Morgan fingerprint density at radius 2 is 1.67 bits per heavy atom. The molecule has 0 aliphatic carbocycles. The highest BCUT2D eigenvalue weighted by Gasteiger charge is 2.15. The Hall–Kier alpha value is -3.79. The maximum absolute atomic E-state index is 12.3. The van der Waals surface area contributed by atoms with Crippen LogP contribution in [-0.4, -0.2) is 24.6 Å². The molecule has 5 rings (SSSR count). The first-order chi connectivity index (χ1) is 16.1. The first kappa shape index (κ1) is 21.1. The normalized spacial score (nSPS) is 11.9. The molecule has 0 fully saturated rings. The van der Waals surface area contributed by atoms with E-state index in [9.17, 15) is 13.6 Å². The van der Waals surface area contributed by atoms with Gasteiger partial charge in [-0.15, -0.1) is 0 Å². The van der Waals surface area contributed by atoms with E-state index in [-0.39, 0.29) is 5.91 Å². The topological polar surface area (TPSA) is 101 Å². The maximum Gasteiger partial charge on any atom is 0.273 e. The molecule has 33 heavy (non-hydrogen) atoms. The van der Waals surface area contributed by atoms with Crippen LogP contribution in [0.1, 0.15) is 10.5 Å². The van der Waals surface area contributed by atoms with Gasteiger partial charge in [0.05, 0.1) is 32.9 Å². The number of aromatic amines is 1. The van der Waals surface area contributed by atoms with Crippen LogP contribution in [0.3, 0.4) is 0 Å². The summed E-state index contributed by atoms with van der Waals surface area (Å²) in [6.07, 6.45) is 1.67. The third-order valence-corrected chi connectivity index (χ3v) is 6.68. The predicted octanol–water partition coefficient (Wildman–Crippen LogP) is 5.48. The van der Waals surface area contributed by atoms with Crippen LogP contribution in [0.4, 0.5) is 16.5 Å². The highest BCUT2D eigenvalue weighted by Crippen LogP contribution is 2.34. The van der Waals surface area contributed by atoms with Crippen molar-refractivity contribution in [2.45, 2.75) is 0 Å². The molecule has 2 heterocycles. The van der Waals surface area contributed by atoms with Crippen molar-refractivity contribution >= 4 is 55.2 Å². The minimum Gasteiger partial charge on any atom is -0.755 e. The summed E-state index contributed by atoms with van der Waals surface area (Å²) in [5.74, 6) is -0.292. The molecule has 5 aromatic rings. The van der Waals surface area contributed by atoms with Gasteiger partial charge < -0.3 is 9.54 Å². The number of hydrogen-bond donors (Lipinski definition) is 2. The van der Waals surface area contributed by atoms with E-state index in [2.05, 4.69) is 15.3 Å². The third-order valence-electron chi connectivity index (χ3n) is 5.03. The zero-order valence-electron chi connectivity index (χ0n) is 17.1. The molecule has 2 N–H and O–H groups in total. The van der Waals surface area contributed by atoms with Crippen molar-refractivity contribution in [3.8, 4) is 11.1 Å². The highest BCUT2D eigenvalue weighted by molar-refractivity contribution is 7.81. The predicted molar refractivity (Wildman–Crippen MR) is 131 cm³/mol. The summed E-state index contributed by atoms with van der Waals surface area (Å²) < 4.78 is 26.2. The van der Waals surface area contributed by atoms with Gasteiger partial charge in [-0.3, -0.25) is 18.6 Å². The number of nitrogens with zero attached hydrogens (tertiary/aromatic N) is 2. The van der Waals surface area contributed by atoms with Gasteiger partial charge in [0.15, 0.2) is 5.13 Å². The third kappa shape index (κ3) is 4.42. The lowest BCUT2D eigenvalue weighted by molar-refractivity contribution is 0.102. The second kappa shape index (κ2) is 8.99. The quantitative estimate of drug-likeness (QED) is 0.319. The number of nitrogens with one attached hydrogen (secondary N) is 2. The van der Waals surface area contributed by atoms with Crippen molar-refractivity contribution < 1.29 is 13.6 Å². The van der Waals surface area contributed by atoms with E-state index < -0.39 is 11.3 Å². The van der Waals surface area contributed by atoms with E-state index in [0.29, 0.717) is 27.7 Å². The van der Waals surface area contributed by atoms with Crippen LogP contribution < -0.4 is 9.62 Å². The van der Waals surface area contributed by atoms with Crippen LogP contribution in [0, 0.1) is 0 Å². The van der Waals surface area contributed by atoms with Crippen molar-refractivity contribution in [1.29, 1.82) is 0 Å². The number of anilines is 3. The zero-order valence-corrected chi connectivity index (χ0v) is 18.7.